The molecule has 6 heteroatoms. The molecule has 132 valence electrons. The van der Waals surface area contributed by atoms with Crippen LogP contribution in [0.4, 0.5) is 0 Å². The number of carbonyl (C=O) groups excluding carboxylic acids is 1. The first-order valence-corrected chi connectivity index (χ1v) is 9.69. The summed E-state index contributed by atoms with van der Waals surface area (Å²) in [4.78, 5) is 18.1. The summed E-state index contributed by atoms with van der Waals surface area (Å²) in [7, 11) is 3.52. The molecule has 2 unspecified atom stereocenters. The number of hydrogen-bond acceptors (Lipinski definition) is 3. The van der Waals surface area contributed by atoms with E-state index >= 15 is 0 Å². The molecule has 24 heavy (non-hydrogen) atoms. The Hall–Kier alpha value is -1.69. The molecule has 1 aromatic rings. The molecule has 0 heterocycles. The molecule has 2 N–H and O–H groups in total. The third kappa shape index (κ3) is 6.07. The minimum absolute atomic E-state index is 0.0395. The summed E-state index contributed by atoms with van der Waals surface area (Å²) in [6, 6.07) is 10.6. The van der Waals surface area contributed by atoms with Crippen molar-refractivity contribution in [1.29, 1.82) is 0 Å². The molecular weight excluding hydrogens is 320 g/mol. The molecule has 0 radical (unpaired) electrons. The molecule has 0 saturated heterocycles. The summed E-state index contributed by atoms with van der Waals surface area (Å²) in [5.74, 6) is 0.762. The van der Waals surface area contributed by atoms with Crippen LogP contribution in [0.3, 0.4) is 0 Å². The second-order valence-corrected chi connectivity index (χ2v) is 7.44. The lowest BCUT2D eigenvalue weighted by molar-refractivity contribution is -0.127. The first-order chi connectivity index (χ1) is 11.6. The van der Waals surface area contributed by atoms with E-state index in [0.29, 0.717) is 12.6 Å². The van der Waals surface area contributed by atoms with E-state index in [-0.39, 0.29) is 12.5 Å². The van der Waals surface area contributed by atoms with E-state index in [1.807, 2.05) is 30.0 Å². The maximum absolute atomic E-state index is 11.8. The van der Waals surface area contributed by atoms with Crippen molar-refractivity contribution in [2.45, 2.75) is 37.1 Å². The van der Waals surface area contributed by atoms with Gasteiger partial charge in [-0.1, -0.05) is 30.3 Å². The SMILES string of the molecule is CSC1CCC(NC(=NCc2ccccc2)NCC(=O)N(C)C)C1. The van der Waals surface area contributed by atoms with Crippen LogP contribution in [0.25, 0.3) is 0 Å². The van der Waals surface area contributed by atoms with Gasteiger partial charge >= 0.3 is 0 Å². The molecule has 0 aliphatic heterocycles. The van der Waals surface area contributed by atoms with Gasteiger partial charge in [-0.05, 0) is 31.1 Å². The average Bonchev–Trinajstić information content (AvgIpc) is 3.05. The van der Waals surface area contributed by atoms with Crippen LogP contribution in [0.1, 0.15) is 24.8 Å². The molecule has 1 amide bonds. The van der Waals surface area contributed by atoms with Gasteiger partial charge in [0.05, 0.1) is 13.1 Å². The summed E-state index contributed by atoms with van der Waals surface area (Å²) < 4.78 is 0. The number of thioether (sulfide) groups is 1. The van der Waals surface area contributed by atoms with Gasteiger partial charge in [0.25, 0.3) is 0 Å². The van der Waals surface area contributed by atoms with Crippen LogP contribution < -0.4 is 10.6 Å². The van der Waals surface area contributed by atoms with Gasteiger partial charge in [0, 0.05) is 25.4 Å². The number of rotatable bonds is 6. The van der Waals surface area contributed by atoms with Gasteiger partial charge in [-0.3, -0.25) is 4.79 Å². The second kappa shape index (κ2) is 9.57. The highest BCUT2D eigenvalue weighted by atomic mass is 32.2. The summed E-state index contributed by atoms with van der Waals surface area (Å²) in [6.07, 6.45) is 5.71. The van der Waals surface area contributed by atoms with Gasteiger partial charge in [-0.2, -0.15) is 11.8 Å². The maximum atomic E-state index is 11.8. The average molecular weight is 349 g/mol. The van der Waals surface area contributed by atoms with Crippen LogP contribution in [0, 0.1) is 0 Å². The predicted molar refractivity (Wildman–Crippen MR) is 102 cm³/mol. The zero-order valence-electron chi connectivity index (χ0n) is 14.8. The van der Waals surface area contributed by atoms with Gasteiger partial charge in [-0.25, -0.2) is 4.99 Å². The molecular formula is C18H28N4OS. The van der Waals surface area contributed by atoms with E-state index in [1.165, 1.54) is 6.42 Å². The summed E-state index contributed by atoms with van der Waals surface area (Å²) >= 11 is 1.93. The van der Waals surface area contributed by atoms with Gasteiger partial charge < -0.3 is 15.5 Å². The predicted octanol–water partition coefficient (Wildman–Crippen LogP) is 2.09. The van der Waals surface area contributed by atoms with E-state index in [1.54, 1.807) is 19.0 Å². The number of aliphatic imine (C=N–C) groups is 1. The first-order valence-electron chi connectivity index (χ1n) is 8.40. The molecule has 1 aliphatic rings. The molecule has 1 saturated carbocycles. The Kier molecular flexibility index (Phi) is 7.43. The Morgan fingerprint density at radius 3 is 2.67 bits per heavy atom. The molecule has 2 atom stereocenters. The van der Waals surface area contributed by atoms with E-state index in [0.717, 1.165) is 29.6 Å². The van der Waals surface area contributed by atoms with Crippen LogP contribution in [0.2, 0.25) is 0 Å². The number of nitrogens with one attached hydrogen (secondary N) is 2. The fourth-order valence-electron chi connectivity index (χ4n) is 2.70. The molecule has 0 spiro atoms. The smallest absolute Gasteiger partial charge is 0.241 e. The summed E-state index contributed by atoms with van der Waals surface area (Å²) in [6.45, 7) is 0.858. The second-order valence-electron chi connectivity index (χ2n) is 6.30. The van der Waals surface area contributed by atoms with Crippen molar-refractivity contribution in [3.05, 3.63) is 35.9 Å². The lowest BCUT2D eigenvalue weighted by Crippen LogP contribution is -2.46. The lowest BCUT2D eigenvalue weighted by Gasteiger charge is -2.19. The number of amides is 1. The van der Waals surface area contributed by atoms with E-state index in [2.05, 4.69) is 34.0 Å². The molecule has 1 aliphatic carbocycles. The third-order valence-electron chi connectivity index (χ3n) is 4.23. The summed E-state index contributed by atoms with van der Waals surface area (Å²) in [5, 5.41) is 7.39. The van der Waals surface area contributed by atoms with Crippen molar-refractivity contribution in [2.75, 3.05) is 26.9 Å². The Morgan fingerprint density at radius 2 is 2.04 bits per heavy atom. The fourth-order valence-corrected chi connectivity index (χ4v) is 3.50. The van der Waals surface area contributed by atoms with Gasteiger partial charge in [-0.15, -0.1) is 0 Å². The van der Waals surface area contributed by atoms with Crippen LogP contribution >= 0.6 is 11.8 Å². The number of nitrogens with zero attached hydrogens (tertiary/aromatic N) is 2. The fraction of sp³-hybridized carbons (Fsp3) is 0.556. The number of benzene rings is 1. The number of carbonyl (C=O) groups is 1. The lowest BCUT2D eigenvalue weighted by atomic mass is 10.2. The first kappa shape index (κ1) is 18.6. The van der Waals surface area contributed by atoms with E-state index < -0.39 is 0 Å². The zero-order valence-corrected chi connectivity index (χ0v) is 15.6. The molecule has 5 nitrogen and oxygen atoms in total. The van der Waals surface area contributed by atoms with Gasteiger partial charge in [0.2, 0.25) is 5.91 Å². The monoisotopic (exact) mass is 348 g/mol. The summed E-state index contributed by atoms with van der Waals surface area (Å²) in [5.41, 5.74) is 1.16. The maximum Gasteiger partial charge on any atom is 0.241 e. The molecule has 0 aromatic heterocycles. The Labute approximate surface area is 149 Å². The Morgan fingerprint density at radius 1 is 1.29 bits per heavy atom. The van der Waals surface area contributed by atoms with Gasteiger partial charge in [0.15, 0.2) is 5.96 Å². The number of likely N-dealkylation sites (N-methyl/N-ethyl adjacent to an activating group) is 1. The van der Waals surface area contributed by atoms with Crippen molar-refractivity contribution in [3.63, 3.8) is 0 Å². The topological polar surface area (TPSA) is 56.7 Å². The number of hydrogen-bond donors (Lipinski definition) is 2. The van der Waals surface area contributed by atoms with Crippen LogP contribution in [-0.4, -0.2) is 55.0 Å². The molecule has 2 rings (SSSR count). The van der Waals surface area contributed by atoms with E-state index in [9.17, 15) is 4.79 Å². The number of guanidine groups is 1. The van der Waals surface area contributed by atoms with Crippen molar-refractivity contribution < 1.29 is 4.79 Å². The highest BCUT2D eigenvalue weighted by molar-refractivity contribution is 7.99. The zero-order chi connectivity index (χ0) is 17.4. The third-order valence-corrected chi connectivity index (χ3v) is 5.32. The molecule has 1 fully saturated rings. The van der Waals surface area contributed by atoms with Crippen molar-refractivity contribution in [2.24, 2.45) is 4.99 Å². The van der Waals surface area contributed by atoms with Crippen LogP contribution in [0.5, 0.6) is 0 Å². The Bertz CT molecular complexity index is 547. The minimum atomic E-state index is 0.0395. The van der Waals surface area contributed by atoms with E-state index in [4.69, 9.17) is 0 Å². The van der Waals surface area contributed by atoms with Crippen molar-refractivity contribution in [3.8, 4) is 0 Å². The quantitative estimate of drug-likeness (QED) is 0.611. The largest absolute Gasteiger partial charge is 0.354 e. The normalized spacial score (nSPS) is 20.7. The van der Waals surface area contributed by atoms with Crippen LogP contribution in [-0.2, 0) is 11.3 Å². The Balaban J connectivity index is 1.96. The van der Waals surface area contributed by atoms with Crippen molar-refractivity contribution >= 4 is 23.6 Å². The standard InChI is InChI=1S/C18H28N4OS/c1-22(2)17(23)13-20-18(19-12-14-7-5-4-6-8-14)21-15-9-10-16(11-15)24-3/h4-8,15-16H,9-13H2,1-3H3,(H2,19,20,21). The minimum Gasteiger partial charge on any atom is -0.354 e. The highest BCUT2D eigenvalue weighted by Crippen LogP contribution is 2.28. The molecule has 0 bridgehead atoms. The van der Waals surface area contributed by atoms with Crippen LogP contribution in [0.15, 0.2) is 35.3 Å². The molecule has 1 aromatic carbocycles. The van der Waals surface area contributed by atoms with Gasteiger partial charge in [0.1, 0.15) is 0 Å². The van der Waals surface area contributed by atoms with Crippen molar-refractivity contribution in [1.82, 2.24) is 15.5 Å². The highest BCUT2D eigenvalue weighted by Gasteiger charge is 2.24.